The number of benzene rings is 1. The third kappa shape index (κ3) is 4.70. The zero-order valence-corrected chi connectivity index (χ0v) is 18.6. The number of hydrogen-bond donors (Lipinski definition) is 2. The summed E-state index contributed by atoms with van der Waals surface area (Å²) in [6.45, 7) is 7.64. The molecule has 0 atom stereocenters. The summed E-state index contributed by atoms with van der Waals surface area (Å²) in [7, 11) is -4.03. The predicted octanol–water partition coefficient (Wildman–Crippen LogP) is 4.16. The van der Waals surface area contributed by atoms with E-state index in [-0.39, 0.29) is 28.3 Å². The summed E-state index contributed by atoms with van der Waals surface area (Å²) in [6, 6.07) is 4.25. The lowest BCUT2D eigenvalue weighted by molar-refractivity contribution is -0.118. The quantitative estimate of drug-likeness (QED) is 0.678. The molecule has 0 unspecified atom stereocenters. The summed E-state index contributed by atoms with van der Waals surface area (Å²) >= 11 is 0.977. The summed E-state index contributed by atoms with van der Waals surface area (Å²) in [5.41, 5.74) is 1.72. The number of hydrogen-bond acceptors (Lipinski definition) is 5. The Morgan fingerprint density at radius 2 is 1.72 bits per heavy atom. The number of carbonyl (C=O) groups is 1. The van der Waals surface area contributed by atoms with Crippen LogP contribution in [0.5, 0.6) is 0 Å². The molecule has 1 aliphatic rings. The third-order valence-corrected chi connectivity index (χ3v) is 8.03. The van der Waals surface area contributed by atoms with Gasteiger partial charge in [0.25, 0.3) is 10.0 Å². The van der Waals surface area contributed by atoms with Gasteiger partial charge in [-0.3, -0.25) is 4.79 Å². The average molecular weight is 440 g/mol. The van der Waals surface area contributed by atoms with Crippen LogP contribution in [0.2, 0.25) is 0 Å². The van der Waals surface area contributed by atoms with Crippen LogP contribution in [-0.4, -0.2) is 19.4 Å². The maximum absolute atomic E-state index is 14.0. The lowest BCUT2D eigenvalue weighted by atomic mass is 9.87. The molecule has 1 saturated carbocycles. The smallest absolute Gasteiger partial charge is 0.273 e. The predicted molar refractivity (Wildman–Crippen MR) is 111 cm³/mol. The van der Waals surface area contributed by atoms with Crippen molar-refractivity contribution in [2.75, 3.05) is 0 Å². The van der Waals surface area contributed by atoms with Gasteiger partial charge in [-0.2, -0.15) is 0 Å². The van der Waals surface area contributed by atoms with Crippen molar-refractivity contribution in [3.63, 3.8) is 0 Å². The zero-order valence-electron chi connectivity index (χ0n) is 17.0. The summed E-state index contributed by atoms with van der Waals surface area (Å²) in [5, 5.41) is 11.7. The van der Waals surface area contributed by atoms with E-state index in [1.165, 1.54) is 18.2 Å². The first-order chi connectivity index (χ1) is 13.4. The largest absolute Gasteiger partial charge is 0.385 e. The van der Waals surface area contributed by atoms with Gasteiger partial charge in [-0.1, -0.05) is 27.7 Å². The van der Waals surface area contributed by atoms with Crippen LogP contribution in [0.15, 0.2) is 27.8 Å². The number of thiophene rings is 1. The highest BCUT2D eigenvalue weighted by molar-refractivity contribution is 7.92. The van der Waals surface area contributed by atoms with Crippen LogP contribution in [0.1, 0.15) is 74.6 Å². The molecule has 2 N–H and O–H groups in total. The van der Waals surface area contributed by atoms with E-state index in [4.69, 9.17) is 0 Å². The molecular weight excluding hydrogens is 413 g/mol. The van der Waals surface area contributed by atoms with Crippen molar-refractivity contribution in [2.24, 2.45) is 0 Å². The Kier molecular flexibility index (Phi) is 5.91. The molecule has 0 bridgehead atoms. The molecule has 0 aliphatic heterocycles. The Hall–Kier alpha value is -1.77. The van der Waals surface area contributed by atoms with Crippen LogP contribution in [0.3, 0.4) is 0 Å². The topological polar surface area (TPSA) is 83.5 Å². The van der Waals surface area contributed by atoms with Crippen LogP contribution in [0.4, 0.5) is 4.39 Å². The summed E-state index contributed by atoms with van der Waals surface area (Å²) in [6.07, 6.45) is 1.06. The fraction of sp³-hybridized carbons (Fsp3) is 0.476. The molecule has 29 heavy (non-hydrogen) atoms. The van der Waals surface area contributed by atoms with Crippen molar-refractivity contribution in [2.45, 2.75) is 68.6 Å². The minimum atomic E-state index is -4.03. The van der Waals surface area contributed by atoms with E-state index in [1.54, 1.807) is 5.38 Å². The first-order valence-corrected chi connectivity index (χ1v) is 12.0. The van der Waals surface area contributed by atoms with E-state index in [0.717, 1.165) is 11.3 Å². The number of sulfonamides is 1. The number of rotatable bonds is 7. The number of carbonyl (C=O) groups excluding carboxylic acids is 1. The van der Waals surface area contributed by atoms with Gasteiger partial charge in [0.2, 0.25) is 5.91 Å². The Labute approximate surface area is 175 Å². The van der Waals surface area contributed by atoms with Gasteiger partial charge in [-0.05, 0) is 70.5 Å². The Balaban J connectivity index is 1.84. The molecule has 3 rings (SSSR count). The fourth-order valence-electron chi connectivity index (χ4n) is 3.42. The second-order valence-corrected chi connectivity index (χ2v) is 11.1. The van der Waals surface area contributed by atoms with Crippen molar-refractivity contribution in [1.82, 2.24) is 4.72 Å². The molecule has 1 aromatic carbocycles. The second-order valence-electron chi connectivity index (χ2n) is 8.26. The van der Waals surface area contributed by atoms with E-state index in [0.29, 0.717) is 35.1 Å². The van der Waals surface area contributed by atoms with E-state index in [2.05, 4.69) is 4.72 Å². The highest BCUT2D eigenvalue weighted by atomic mass is 32.2. The zero-order chi connectivity index (χ0) is 21.6. The Morgan fingerprint density at radius 3 is 2.21 bits per heavy atom. The lowest BCUT2D eigenvalue weighted by Gasteiger charge is -2.20. The van der Waals surface area contributed by atoms with Crippen LogP contribution in [0.25, 0.3) is 0 Å². The first-order valence-electron chi connectivity index (χ1n) is 9.62. The number of nitrogens with one attached hydrogen (secondary N) is 1. The number of halogens is 1. The molecular formula is C21H26FNO4S2. The van der Waals surface area contributed by atoms with Gasteiger partial charge >= 0.3 is 0 Å². The fourth-order valence-corrected chi connectivity index (χ4v) is 5.68. The monoisotopic (exact) mass is 439 g/mol. The van der Waals surface area contributed by atoms with Gasteiger partial charge in [-0.25, -0.2) is 17.5 Å². The van der Waals surface area contributed by atoms with Gasteiger partial charge < -0.3 is 5.11 Å². The average Bonchev–Trinajstić information content (AvgIpc) is 3.15. The normalized spacial score (nSPS) is 15.7. The van der Waals surface area contributed by atoms with Crippen LogP contribution >= 0.6 is 11.3 Å². The molecule has 1 fully saturated rings. The molecule has 1 heterocycles. The number of amides is 1. The van der Waals surface area contributed by atoms with Crippen LogP contribution < -0.4 is 4.72 Å². The lowest BCUT2D eigenvalue weighted by Crippen LogP contribution is -2.32. The molecule has 1 aromatic heterocycles. The van der Waals surface area contributed by atoms with Gasteiger partial charge in [0.15, 0.2) is 0 Å². The summed E-state index contributed by atoms with van der Waals surface area (Å²) in [5.74, 6) is -1.05. The van der Waals surface area contributed by atoms with Gasteiger partial charge in [0, 0.05) is 0 Å². The third-order valence-electron chi connectivity index (χ3n) is 5.21. The maximum atomic E-state index is 14.0. The molecule has 0 radical (unpaired) electrons. The molecule has 2 aromatic rings. The highest BCUT2D eigenvalue weighted by Gasteiger charge is 2.43. The molecule has 158 valence electrons. The van der Waals surface area contributed by atoms with Crippen molar-refractivity contribution >= 4 is 27.3 Å². The van der Waals surface area contributed by atoms with Crippen molar-refractivity contribution in [3.8, 4) is 0 Å². The van der Waals surface area contributed by atoms with Crippen molar-refractivity contribution < 1.29 is 22.7 Å². The summed E-state index contributed by atoms with van der Waals surface area (Å²) < 4.78 is 41.4. The Bertz CT molecular complexity index is 1010. The minimum absolute atomic E-state index is 0.00607. The van der Waals surface area contributed by atoms with Gasteiger partial charge in [-0.15, -0.1) is 11.3 Å². The van der Waals surface area contributed by atoms with E-state index in [1.807, 2.05) is 27.7 Å². The summed E-state index contributed by atoms with van der Waals surface area (Å²) in [4.78, 5) is 12.6. The molecule has 8 heteroatoms. The van der Waals surface area contributed by atoms with E-state index < -0.39 is 21.5 Å². The Morgan fingerprint density at radius 1 is 1.17 bits per heavy atom. The number of aliphatic hydroxyl groups is 1. The van der Waals surface area contributed by atoms with E-state index in [9.17, 15) is 22.7 Å². The highest BCUT2D eigenvalue weighted by Crippen LogP contribution is 2.47. The molecule has 0 saturated heterocycles. The maximum Gasteiger partial charge on any atom is 0.273 e. The van der Waals surface area contributed by atoms with Crippen LogP contribution in [0, 0.1) is 5.82 Å². The van der Waals surface area contributed by atoms with Crippen LogP contribution in [-0.2, 0) is 26.8 Å². The van der Waals surface area contributed by atoms with Gasteiger partial charge in [0.05, 0.1) is 12.0 Å². The van der Waals surface area contributed by atoms with Crippen molar-refractivity contribution in [3.05, 3.63) is 51.7 Å². The first kappa shape index (κ1) is 21.9. The standard InChI is InChI=1S/C21H26FNO4S2/c1-12(2)16-8-15(22)9-17(13(3)4)18(16)10-19(24)23-29(26,27)20-7-14(11-28-20)21(25)5-6-21/h7-9,11-13,25H,5-6,10H2,1-4H3,(H,23,24). The second kappa shape index (κ2) is 7.81. The van der Waals surface area contributed by atoms with Gasteiger partial charge in [0.1, 0.15) is 10.0 Å². The van der Waals surface area contributed by atoms with E-state index >= 15 is 0 Å². The molecule has 1 amide bonds. The molecule has 1 aliphatic carbocycles. The minimum Gasteiger partial charge on any atom is -0.385 e. The molecule has 5 nitrogen and oxygen atoms in total. The van der Waals surface area contributed by atoms with Crippen molar-refractivity contribution in [1.29, 1.82) is 0 Å². The SMILES string of the molecule is CC(C)c1cc(F)cc(C(C)C)c1CC(=O)NS(=O)(=O)c1cc(C2(O)CC2)cs1. The molecule has 0 spiro atoms.